The van der Waals surface area contributed by atoms with E-state index in [-0.39, 0.29) is 17.5 Å². The minimum Gasteiger partial charge on any atom is -0.496 e. The number of anilines is 3. The van der Waals surface area contributed by atoms with Crippen LogP contribution in [0.1, 0.15) is 25.8 Å². The van der Waals surface area contributed by atoms with Crippen LogP contribution in [0.2, 0.25) is 0 Å². The van der Waals surface area contributed by atoms with Gasteiger partial charge in [0.2, 0.25) is 5.95 Å². The topological polar surface area (TPSA) is 72.0 Å². The maximum Gasteiger partial charge on any atom is 0.420 e. The van der Waals surface area contributed by atoms with Crippen LogP contribution in [0.15, 0.2) is 48.8 Å². The third-order valence-corrected chi connectivity index (χ3v) is 4.47. The summed E-state index contributed by atoms with van der Waals surface area (Å²) in [7, 11) is 1.20. The summed E-state index contributed by atoms with van der Waals surface area (Å²) in [4.78, 5) is 12.9. The molecular formula is C21H22F3N5O. The highest BCUT2D eigenvalue weighted by Crippen LogP contribution is 2.38. The lowest BCUT2D eigenvalue weighted by molar-refractivity contribution is -0.138. The number of hydrogen-bond donors (Lipinski definition) is 2. The molecule has 9 heteroatoms. The second-order valence-corrected chi connectivity index (χ2v) is 6.69. The summed E-state index contributed by atoms with van der Waals surface area (Å²) in [5.74, 6) is 0.499. The summed E-state index contributed by atoms with van der Waals surface area (Å²) in [6.45, 7) is 4.02. The summed E-state index contributed by atoms with van der Waals surface area (Å²) in [5, 5.41) is 6.15. The van der Waals surface area contributed by atoms with Gasteiger partial charge in [-0.2, -0.15) is 18.2 Å². The molecule has 2 N–H and O–H groups in total. The zero-order valence-corrected chi connectivity index (χ0v) is 16.8. The Morgan fingerprint density at radius 1 is 1.07 bits per heavy atom. The molecule has 0 fully saturated rings. The van der Waals surface area contributed by atoms with Crippen LogP contribution in [0.5, 0.6) is 5.75 Å². The van der Waals surface area contributed by atoms with Crippen molar-refractivity contribution in [3.63, 3.8) is 0 Å². The van der Waals surface area contributed by atoms with E-state index in [1.165, 1.54) is 19.2 Å². The van der Waals surface area contributed by atoms with Gasteiger partial charge in [-0.05, 0) is 43.7 Å². The average molecular weight is 417 g/mol. The van der Waals surface area contributed by atoms with Crippen molar-refractivity contribution >= 4 is 17.5 Å². The first-order valence-electron chi connectivity index (χ1n) is 9.38. The number of alkyl halides is 3. The number of halogens is 3. The standard InChI is InChI=1S/C21H22F3N5O/c1-4-13(2)26-20-28-17(14-7-9-25-10-8-14)12-19(29-20)27-15-5-6-18(30-3)16(11-15)21(22,23)24/h5-13H,4H2,1-3H3,(H2,26,27,28,29)/t13-/m1/s1. The van der Waals surface area contributed by atoms with E-state index in [4.69, 9.17) is 4.74 Å². The van der Waals surface area contributed by atoms with Crippen molar-refractivity contribution in [2.45, 2.75) is 32.5 Å². The third-order valence-electron chi connectivity index (χ3n) is 4.47. The molecule has 1 aromatic carbocycles. The summed E-state index contributed by atoms with van der Waals surface area (Å²) in [6, 6.07) is 9.17. The molecule has 0 saturated heterocycles. The van der Waals surface area contributed by atoms with Gasteiger partial charge in [0.15, 0.2) is 0 Å². The molecule has 0 aliphatic carbocycles. The molecule has 0 bridgehead atoms. The highest BCUT2D eigenvalue weighted by molar-refractivity contribution is 5.68. The van der Waals surface area contributed by atoms with Gasteiger partial charge in [-0.25, -0.2) is 4.98 Å². The number of pyridine rings is 1. The molecule has 2 aromatic heterocycles. The predicted molar refractivity (Wildman–Crippen MR) is 110 cm³/mol. The monoisotopic (exact) mass is 417 g/mol. The molecule has 3 aromatic rings. The molecular weight excluding hydrogens is 395 g/mol. The first kappa shape index (κ1) is 21.4. The third kappa shape index (κ3) is 5.16. The van der Waals surface area contributed by atoms with Crippen LogP contribution < -0.4 is 15.4 Å². The van der Waals surface area contributed by atoms with Crippen LogP contribution in [-0.4, -0.2) is 28.1 Å². The van der Waals surface area contributed by atoms with Crippen LogP contribution in [0, 0.1) is 0 Å². The van der Waals surface area contributed by atoms with E-state index in [1.807, 2.05) is 13.8 Å². The van der Waals surface area contributed by atoms with E-state index >= 15 is 0 Å². The fourth-order valence-electron chi connectivity index (χ4n) is 2.72. The number of rotatable bonds is 7. The molecule has 2 heterocycles. The fourth-order valence-corrected chi connectivity index (χ4v) is 2.72. The molecule has 30 heavy (non-hydrogen) atoms. The van der Waals surface area contributed by atoms with Gasteiger partial charge in [0.05, 0.1) is 18.4 Å². The summed E-state index contributed by atoms with van der Waals surface area (Å²) in [6.07, 6.45) is -0.393. The zero-order chi connectivity index (χ0) is 21.7. The molecule has 0 amide bonds. The van der Waals surface area contributed by atoms with Crippen molar-refractivity contribution in [2.75, 3.05) is 17.7 Å². The molecule has 1 atom stereocenters. The molecule has 158 valence electrons. The lowest BCUT2D eigenvalue weighted by Crippen LogP contribution is -2.16. The number of ether oxygens (including phenoxy) is 1. The summed E-state index contributed by atoms with van der Waals surface area (Å²) < 4.78 is 44.9. The Morgan fingerprint density at radius 2 is 1.80 bits per heavy atom. The number of nitrogens with zero attached hydrogens (tertiary/aromatic N) is 3. The van der Waals surface area contributed by atoms with Crippen molar-refractivity contribution in [3.05, 3.63) is 54.4 Å². The lowest BCUT2D eigenvalue weighted by atomic mass is 10.1. The minimum absolute atomic E-state index is 0.128. The van der Waals surface area contributed by atoms with E-state index < -0.39 is 11.7 Å². The van der Waals surface area contributed by atoms with Gasteiger partial charge >= 0.3 is 6.18 Å². The number of hydrogen-bond acceptors (Lipinski definition) is 6. The van der Waals surface area contributed by atoms with Gasteiger partial charge in [0.1, 0.15) is 11.6 Å². The first-order valence-corrected chi connectivity index (χ1v) is 9.38. The fraction of sp³-hybridized carbons (Fsp3) is 0.286. The Hall–Kier alpha value is -3.36. The second-order valence-electron chi connectivity index (χ2n) is 6.69. The van der Waals surface area contributed by atoms with E-state index in [9.17, 15) is 13.2 Å². The van der Waals surface area contributed by atoms with Gasteiger partial charge in [-0.15, -0.1) is 0 Å². The van der Waals surface area contributed by atoms with Gasteiger partial charge in [-0.1, -0.05) is 6.92 Å². The maximum atomic E-state index is 13.3. The summed E-state index contributed by atoms with van der Waals surface area (Å²) >= 11 is 0. The number of aromatic nitrogens is 3. The van der Waals surface area contributed by atoms with Gasteiger partial charge in [0.25, 0.3) is 0 Å². The number of nitrogens with one attached hydrogen (secondary N) is 2. The highest BCUT2D eigenvalue weighted by atomic mass is 19.4. The van der Waals surface area contributed by atoms with Crippen molar-refractivity contribution in [1.82, 2.24) is 15.0 Å². The van der Waals surface area contributed by atoms with E-state index in [0.29, 0.717) is 17.5 Å². The van der Waals surface area contributed by atoms with Crippen molar-refractivity contribution in [2.24, 2.45) is 0 Å². The Labute approximate surface area is 172 Å². The number of methoxy groups -OCH3 is 1. The molecule has 0 aliphatic heterocycles. The smallest absolute Gasteiger partial charge is 0.420 e. The van der Waals surface area contributed by atoms with E-state index in [1.54, 1.807) is 30.6 Å². The Balaban J connectivity index is 2.00. The normalized spacial score (nSPS) is 12.3. The Morgan fingerprint density at radius 3 is 2.43 bits per heavy atom. The molecule has 3 rings (SSSR count). The van der Waals surface area contributed by atoms with Crippen molar-refractivity contribution in [1.29, 1.82) is 0 Å². The lowest BCUT2D eigenvalue weighted by Gasteiger charge is -2.16. The zero-order valence-electron chi connectivity index (χ0n) is 16.8. The molecule has 0 aliphatic rings. The molecule has 0 radical (unpaired) electrons. The predicted octanol–water partition coefficient (Wildman–Crippen LogP) is 5.52. The largest absolute Gasteiger partial charge is 0.496 e. The second kappa shape index (κ2) is 8.98. The molecule has 0 saturated carbocycles. The van der Waals surface area contributed by atoms with Gasteiger partial charge < -0.3 is 15.4 Å². The Kier molecular flexibility index (Phi) is 6.39. The first-order chi connectivity index (χ1) is 14.3. The minimum atomic E-state index is -4.54. The van der Waals surface area contributed by atoms with Crippen molar-refractivity contribution < 1.29 is 17.9 Å². The highest BCUT2D eigenvalue weighted by Gasteiger charge is 2.34. The molecule has 0 spiro atoms. The Bertz CT molecular complexity index is 996. The van der Waals surface area contributed by atoms with Crippen LogP contribution in [0.25, 0.3) is 11.3 Å². The van der Waals surface area contributed by atoms with Crippen LogP contribution >= 0.6 is 0 Å². The molecule has 0 unspecified atom stereocenters. The van der Waals surface area contributed by atoms with Gasteiger partial charge in [-0.3, -0.25) is 4.98 Å². The average Bonchev–Trinajstić information content (AvgIpc) is 2.73. The molecule has 6 nitrogen and oxygen atoms in total. The van der Waals surface area contributed by atoms with Crippen LogP contribution in [-0.2, 0) is 6.18 Å². The van der Waals surface area contributed by atoms with Gasteiger partial charge in [0, 0.05) is 35.8 Å². The SMILES string of the molecule is CC[C@@H](C)Nc1nc(Nc2ccc(OC)c(C(F)(F)F)c2)cc(-c2ccncc2)n1. The maximum absolute atomic E-state index is 13.3. The van der Waals surface area contributed by atoms with Crippen LogP contribution in [0.4, 0.5) is 30.6 Å². The van der Waals surface area contributed by atoms with Crippen LogP contribution in [0.3, 0.4) is 0 Å². The quantitative estimate of drug-likeness (QED) is 0.527. The van der Waals surface area contributed by atoms with Crippen molar-refractivity contribution in [3.8, 4) is 17.0 Å². The van der Waals surface area contributed by atoms with E-state index in [2.05, 4.69) is 25.6 Å². The number of benzene rings is 1. The summed E-state index contributed by atoms with van der Waals surface area (Å²) in [5.41, 5.74) is 0.798. The van der Waals surface area contributed by atoms with E-state index in [0.717, 1.165) is 18.1 Å².